The van der Waals surface area contributed by atoms with E-state index in [1.54, 1.807) is 0 Å². The summed E-state index contributed by atoms with van der Waals surface area (Å²) in [5.74, 6) is 1.11. The number of likely N-dealkylation sites (N-methyl/N-ethyl adjacent to an activating group) is 1. The Morgan fingerprint density at radius 3 is 2.84 bits per heavy atom. The molecule has 1 amide bonds. The smallest absolute Gasteiger partial charge is 0.228 e. The number of hydrogen-bond donors (Lipinski definition) is 0. The van der Waals surface area contributed by atoms with Crippen molar-refractivity contribution in [2.45, 2.75) is 19.8 Å². The van der Waals surface area contributed by atoms with Gasteiger partial charge in [0.05, 0.1) is 0 Å². The van der Waals surface area contributed by atoms with Gasteiger partial charge in [-0.25, -0.2) is 0 Å². The number of anilines is 1. The number of amides is 1. The second kappa shape index (κ2) is 8.17. The predicted octanol–water partition coefficient (Wildman–Crippen LogP) is 3.29. The van der Waals surface area contributed by atoms with Crippen molar-refractivity contribution in [2.24, 2.45) is 0 Å². The van der Waals surface area contributed by atoms with E-state index >= 15 is 0 Å². The van der Waals surface area contributed by atoms with Crippen molar-refractivity contribution in [3.8, 4) is 5.75 Å². The molecular weight excluding hydrogens is 312 g/mol. The van der Waals surface area contributed by atoms with E-state index in [1.165, 1.54) is 11.1 Å². The van der Waals surface area contributed by atoms with Crippen molar-refractivity contribution in [1.82, 2.24) is 4.90 Å². The fourth-order valence-corrected chi connectivity index (χ4v) is 3.16. The van der Waals surface area contributed by atoms with Crippen molar-refractivity contribution in [2.75, 3.05) is 38.2 Å². The van der Waals surface area contributed by atoms with Gasteiger partial charge in [-0.2, -0.15) is 0 Å². The molecule has 4 heteroatoms. The number of hydrogen-bond acceptors (Lipinski definition) is 3. The first-order valence-electron chi connectivity index (χ1n) is 8.90. The van der Waals surface area contributed by atoms with E-state index in [1.807, 2.05) is 48.3 Å². The van der Waals surface area contributed by atoms with E-state index in [9.17, 15) is 4.79 Å². The standard InChI is InChI=1S/C21H26N2O2/c1-17-6-5-8-19(16-17)25-15-14-22(2)12-11-21(24)23-13-10-18-7-3-4-9-20(18)23/h3-9,16H,10-15H2,1-2H3. The van der Waals surface area contributed by atoms with Gasteiger partial charge in [-0.05, 0) is 49.7 Å². The number of para-hydroxylation sites is 1. The third-order valence-electron chi connectivity index (χ3n) is 4.63. The highest BCUT2D eigenvalue weighted by Gasteiger charge is 2.23. The number of benzene rings is 2. The normalized spacial score (nSPS) is 13.2. The van der Waals surface area contributed by atoms with Crippen LogP contribution in [0.15, 0.2) is 48.5 Å². The van der Waals surface area contributed by atoms with E-state index in [-0.39, 0.29) is 5.91 Å². The molecule has 0 saturated heterocycles. The molecule has 0 saturated carbocycles. The minimum absolute atomic E-state index is 0.205. The zero-order valence-corrected chi connectivity index (χ0v) is 15.1. The van der Waals surface area contributed by atoms with E-state index in [0.29, 0.717) is 13.0 Å². The molecule has 1 aliphatic heterocycles. The monoisotopic (exact) mass is 338 g/mol. The van der Waals surface area contributed by atoms with Gasteiger partial charge in [-0.3, -0.25) is 4.79 Å². The molecule has 3 rings (SSSR count). The van der Waals surface area contributed by atoms with Crippen LogP contribution in [-0.2, 0) is 11.2 Å². The van der Waals surface area contributed by atoms with Crippen LogP contribution >= 0.6 is 0 Å². The summed E-state index contributed by atoms with van der Waals surface area (Å²) >= 11 is 0. The Kier molecular flexibility index (Phi) is 5.71. The second-order valence-electron chi connectivity index (χ2n) is 6.64. The molecule has 4 nitrogen and oxygen atoms in total. The second-order valence-corrected chi connectivity index (χ2v) is 6.64. The van der Waals surface area contributed by atoms with Crippen LogP contribution in [0.4, 0.5) is 5.69 Å². The van der Waals surface area contributed by atoms with Crippen LogP contribution in [0.2, 0.25) is 0 Å². The average Bonchev–Trinajstić information content (AvgIpc) is 3.04. The van der Waals surface area contributed by atoms with Crippen LogP contribution in [0, 0.1) is 6.92 Å². The quantitative estimate of drug-likeness (QED) is 0.777. The van der Waals surface area contributed by atoms with Crippen LogP contribution in [-0.4, -0.2) is 44.1 Å². The largest absolute Gasteiger partial charge is 0.492 e. The number of nitrogens with zero attached hydrogens (tertiary/aromatic N) is 2. The van der Waals surface area contributed by atoms with Crippen molar-refractivity contribution >= 4 is 11.6 Å². The van der Waals surface area contributed by atoms with Crippen LogP contribution in [0.3, 0.4) is 0 Å². The van der Waals surface area contributed by atoms with Gasteiger partial charge < -0.3 is 14.5 Å². The molecular formula is C21H26N2O2. The van der Waals surface area contributed by atoms with Crippen molar-refractivity contribution < 1.29 is 9.53 Å². The SMILES string of the molecule is Cc1cccc(OCCN(C)CCC(=O)N2CCc3ccccc32)c1. The lowest BCUT2D eigenvalue weighted by Gasteiger charge is -2.20. The Morgan fingerprint density at radius 1 is 1.16 bits per heavy atom. The topological polar surface area (TPSA) is 32.8 Å². The molecule has 25 heavy (non-hydrogen) atoms. The number of fused-ring (bicyclic) bond motifs is 1. The molecule has 0 aliphatic carbocycles. The molecule has 0 aromatic heterocycles. The summed E-state index contributed by atoms with van der Waals surface area (Å²) < 4.78 is 5.77. The van der Waals surface area contributed by atoms with Gasteiger partial charge >= 0.3 is 0 Å². The zero-order chi connectivity index (χ0) is 17.6. The van der Waals surface area contributed by atoms with Gasteiger partial charge in [0.25, 0.3) is 0 Å². The fourth-order valence-electron chi connectivity index (χ4n) is 3.16. The Balaban J connectivity index is 1.40. The number of ether oxygens (including phenoxy) is 1. The van der Waals surface area contributed by atoms with Crippen molar-refractivity contribution in [1.29, 1.82) is 0 Å². The van der Waals surface area contributed by atoms with Crippen LogP contribution in [0.1, 0.15) is 17.5 Å². The van der Waals surface area contributed by atoms with Gasteiger partial charge in [-0.1, -0.05) is 30.3 Å². The predicted molar refractivity (Wildman–Crippen MR) is 101 cm³/mol. The minimum Gasteiger partial charge on any atom is -0.492 e. The lowest BCUT2D eigenvalue weighted by atomic mass is 10.2. The molecule has 2 aromatic carbocycles. The first-order chi connectivity index (χ1) is 12.1. The Hall–Kier alpha value is -2.33. The molecule has 0 spiro atoms. The van der Waals surface area contributed by atoms with Gasteiger partial charge in [0, 0.05) is 31.7 Å². The molecule has 0 atom stereocenters. The number of aryl methyl sites for hydroxylation is 1. The Morgan fingerprint density at radius 2 is 2.00 bits per heavy atom. The molecule has 0 unspecified atom stereocenters. The van der Waals surface area contributed by atoms with Crippen LogP contribution < -0.4 is 9.64 Å². The summed E-state index contributed by atoms with van der Waals surface area (Å²) in [6.07, 6.45) is 1.50. The van der Waals surface area contributed by atoms with E-state index < -0.39 is 0 Å². The summed E-state index contributed by atoms with van der Waals surface area (Å²) in [7, 11) is 2.03. The Labute approximate surface area is 150 Å². The zero-order valence-electron chi connectivity index (χ0n) is 15.1. The minimum atomic E-state index is 0.205. The highest BCUT2D eigenvalue weighted by molar-refractivity contribution is 5.95. The van der Waals surface area contributed by atoms with Crippen molar-refractivity contribution in [3.63, 3.8) is 0 Å². The first kappa shape index (κ1) is 17.5. The highest BCUT2D eigenvalue weighted by Crippen LogP contribution is 2.27. The molecule has 1 aliphatic rings. The molecule has 2 aromatic rings. The Bertz CT molecular complexity index is 729. The van der Waals surface area contributed by atoms with E-state index in [2.05, 4.69) is 24.0 Å². The van der Waals surface area contributed by atoms with Crippen LogP contribution in [0.25, 0.3) is 0 Å². The molecule has 0 radical (unpaired) electrons. The molecule has 1 heterocycles. The summed E-state index contributed by atoms with van der Waals surface area (Å²) in [5, 5.41) is 0. The van der Waals surface area contributed by atoms with Crippen LogP contribution in [0.5, 0.6) is 5.75 Å². The molecule has 132 valence electrons. The van der Waals surface area contributed by atoms with Crippen molar-refractivity contribution in [3.05, 3.63) is 59.7 Å². The van der Waals surface area contributed by atoms with E-state index in [0.717, 1.165) is 37.5 Å². The maximum absolute atomic E-state index is 12.5. The average molecular weight is 338 g/mol. The summed E-state index contributed by atoms with van der Waals surface area (Å²) in [4.78, 5) is 16.6. The summed E-state index contributed by atoms with van der Waals surface area (Å²) in [5.41, 5.74) is 3.55. The lowest BCUT2D eigenvalue weighted by molar-refractivity contribution is -0.118. The van der Waals surface area contributed by atoms with Gasteiger partial charge in [0.1, 0.15) is 12.4 Å². The number of rotatable bonds is 7. The molecule has 0 bridgehead atoms. The maximum Gasteiger partial charge on any atom is 0.228 e. The molecule has 0 fully saturated rings. The lowest BCUT2D eigenvalue weighted by Crippen LogP contribution is -2.33. The maximum atomic E-state index is 12.5. The van der Waals surface area contributed by atoms with Gasteiger partial charge in [0.15, 0.2) is 0 Å². The first-order valence-corrected chi connectivity index (χ1v) is 8.90. The fraction of sp³-hybridized carbons (Fsp3) is 0.381. The third kappa shape index (κ3) is 4.60. The van der Waals surface area contributed by atoms with Gasteiger partial charge in [-0.15, -0.1) is 0 Å². The summed E-state index contributed by atoms with van der Waals surface area (Å²) in [6.45, 7) is 5.03. The number of carbonyl (C=O) groups is 1. The van der Waals surface area contributed by atoms with E-state index in [4.69, 9.17) is 4.74 Å². The molecule has 0 N–H and O–H groups in total. The highest BCUT2D eigenvalue weighted by atomic mass is 16.5. The number of carbonyl (C=O) groups excluding carboxylic acids is 1. The third-order valence-corrected chi connectivity index (χ3v) is 4.63. The summed E-state index contributed by atoms with van der Waals surface area (Å²) in [6, 6.07) is 16.3. The van der Waals surface area contributed by atoms with Gasteiger partial charge in [0.2, 0.25) is 5.91 Å².